The quantitative estimate of drug-likeness (QED) is 0.868. The van der Waals surface area contributed by atoms with Crippen molar-refractivity contribution >= 4 is 11.6 Å². The number of aliphatic hydroxyl groups excluding tert-OH is 1. The lowest BCUT2D eigenvalue weighted by atomic mass is 10.2. The van der Waals surface area contributed by atoms with Crippen molar-refractivity contribution in [1.29, 1.82) is 0 Å². The van der Waals surface area contributed by atoms with E-state index < -0.39 is 0 Å². The number of hydrogen-bond acceptors (Lipinski definition) is 7. The molecule has 7 heteroatoms. The highest BCUT2D eigenvalue weighted by atomic mass is 16.5. The van der Waals surface area contributed by atoms with Crippen molar-refractivity contribution in [3.8, 4) is 0 Å². The van der Waals surface area contributed by atoms with Crippen molar-refractivity contribution in [3.05, 3.63) is 29.4 Å². The molecule has 1 saturated heterocycles. The molecule has 3 heterocycles. The summed E-state index contributed by atoms with van der Waals surface area (Å²) in [6.45, 7) is 5.52. The van der Waals surface area contributed by atoms with Crippen LogP contribution < -0.4 is 10.2 Å². The molecule has 0 radical (unpaired) electrons. The monoisotopic (exact) mass is 303 g/mol. The number of aromatic nitrogens is 3. The van der Waals surface area contributed by atoms with Crippen molar-refractivity contribution in [1.82, 2.24) is 15.1 Å². The van der Waals surface area contributed by atoms with Crippen molar-refractivity contribution in [2.45, 2.75) is 39.3 Å². The predicted octanol–water partition coefficient (Wildman–Crippen LogP) is 1.65. The highest BCUT2D eigenvalue weighted by Gasteiger charge is 2.25. The van der Waals surface area contributed by atoms with Crippen molar-refractivity contribution in [2.75, 3.05) is 23.4 Å². The summed E-state index contributed by atoms with van der Waals surface area (Å²) >= 11 is 0. The lowest BCUT2D eigenvalue weighted by Crippen LogP contribution is -2.32. The second kappa shape index (κ2) is 6.31. The van der Waals surface area contributed by atoms with Gasteiger partial charge in [0, 0.05) is 24.7 Å². The average Bonchev–Trinajstić information content (AvgIpc) is 3.13. The predicted molar refractivity (Wildman–Crippen MR) is 82.8 cm³/mol. The molecule has 1 fully saturated rings. The molecule has 1 aliphatic rings. The van der Waals surface area contributed by atoms with E-state index >= 15 is 0 Å². The van der Waals surface area contributed by atoms with Crippen LogP contribution in [0.4, 0.5) is 11.6 Å². The van der Waals surface area contributed by atoms with Gasteiger partial charge >= 0.3 is 0 Å². The molecule has 118 valence electrons. The Morgan fingerprint density at radius 2 is 2.27 bits per heavy atom. The zero-order valence-corrected chi connectivity index (χ0v) is 12.9. The highest BCUT2D eigenvalue weighted by Crippen LogP contribution is 2.25. The molecule has 0 aliphatic carbocycles. The molecule has 0 saturated carbocycles. The van der Waals surface area contributed by atoms with Gasteiger partial charge in [-0.1, -0.05) is 5.16 Å². The summed E-state index contributed by atoms with van der Waals surface area (Å²) in [6, 6.07) is 2.08. The van der Waals surface area contributed by atoms with Gasteiger partial charge in [-0.25, -0.2) is 9.97 Å². The first-order valence-corrected chi connectivity index (χ1v) is 7.54. The minimum absolute atomic E-state index is 0.158. The maximum atomic E-state index is 9.44. The molecule has 2 aromatic rings. The van der Waals surface area contributed by atoms with Crippen LogP contribution in [0.5, 0.6) is 0 Å². The zero-order chi connectivity index (χ0) is 15.5. The Labute approximate surface area is 129 Å². The Balaban J connectivity index is 1.71. The number of rotatable bonds is 5. The first-order valence-electron chi connectivity index (χ1n) is 7.54. The molecule has 2 aromatic heterocycles. The van der Waals surface area contributed by atoms with Crippen LogP contribution >= 0.6 is 0 Å². The maximum Gasteiger partial charge on any atom is 0.138 e. The van der Waals surface area contributed by atoms with Crippen LogP contribution in [0.25, 0.3) is 0 Å². The normalized spacial score (nSPS) is 18.0. The van der Waals surface area contributed by atoms with Crippen LogP contribution in [0.15, 0.2) is 16.9 Å². The fraction of sp³-hybridized carbons (Fsp3) is 0.533. The fourth-order valence-electron chi connectivity index (χ4n) is 2.86. The van der Waals surface area contributed by atoms with Crippen molar-refractivity contribution in [3.63, 3.8) is 0 Å². The largest absolute Gasteiger partial charge is 0.394 e. The van der Waals surface area contributed by atoms with Gasteiger partial charge in [-0.3, -0.25) is 0 Å². The Morgan fingerprint density at radius 3 is 3.00 bits per heavy atom. The number of hydrogen-bond donors (Lipinski definition) is 2. The number of nitrogens with one attached hydrogen (secondary N) is 1. The highest BCUT2D eigenvalue weighted by molar-refractivity contribution is 5.50. The van der Waals surface area contributed by atoms with Crippen LogP contribution in [0.3, 0.4) is 0 Å². The van der Waals surface area contributed by atoms with Gasteiger partial charge in [0.1, 0.15) is 23.7 Å². The van der Waals surface area contributed by atoms with Gasteiger partial charge in [-0.2, -0.15) is 0 Å². The third kappa shape index (κ3) is 2.89. The second-order valence-electron chi connectivity index (χ2n) is 5.59. The Morgan fingerprint density at radius 1 is 1.41 bits per heavy atom. The van der Waals surface area contributed by atoms with Gasteiger partial charge in [0.2, 0.25) is 0 Å². The average molecular weight is 303 g/mol. The molecule has 7 nitrogen and oxygen atoms in total. The summed E-state index contributed by atoms with van der Waals surface area (Å²) in [4.78, 5) is 10.7. The van der Waals surface area contributed by atoms with E-state index in [-0.39, 0.29) is 12.6 Å². The molecule has 1 atom stereocenters. The summed E-state index contributed by atoms with van der Waals surface area (Å²) in [7, 11) is 0. The first-order chi connectivity index (χ1) is 10.7. The van der Waals surface area contributed by atoms with E-state index in [0.717, 1.165) is 48.0 Å². The van der Waals surface area contributed by atoms with Crippen molar-refractivity contribution < 1.29 is 9.63 Å². The summed E-state index contributed by atoms with van der Waals surface area (Å²) in [5.74, 6) is 2.43. The Hall–Kier alpha value is -2.15. The molecule has 0 spiro atoms. The van der Waals surface area contributed by atoms with Gasteiger partial charge in [0.05, 0.1) is 18.3 Å². The van der Waals surface area contributed by atoms with Crippen LogP contribution in [0.1, 0.15) is 29.9 Å². The van der Waals surface area contributed by atoms with E-state index in [1.165, 1.54) is 0 Å². The molecule has 22 heavy (non-hydrogen) atoms. The number of aryl methyl sites for hydroxylation is 2. The van der Waals surface area contributed by atoms with Gasteiger partial charge in [0.15, 0.2) is 0 Å². The van der Waals surface area contributed by atoms with E-state index in [9.17, 15) is 5.11 Å². The molecule has 0 amide bonds. The van der Waals surface area contributed by atoms with E-state index in [0.29, 0.717) is 6.54 Å². The van der Waals surface area contributed by atoms with Crippen LogP contribution in [0, 0.1) is 13.8 Å². The molecular formula is C15H21N5O2. The van der Waals surface area contributed by atoms with Gasteiger partial charge in [0.25, 0.3) is 0 Å². The van der Waals surface area contributed by atoms with Gasteiger partial charge < -0.3 is 19.8 Å². The number of aliphatic hydroxyl groups is 1. The fourth-order valence-corrected chi connectivity index (χ4v) is 2.86. The third-order valence-corrected chi connectivity index (χ3v) is 4.16. The van der Waals surface area contributed by atoms with E-state index in [4.69, 9.17) is 4.52 Å². The maximum absolute atomic E-state index is 9.44. The Bertz CT molecular complexity index is 623. The molecule has 1 aliphatic heterocycles. The van der Waals surface area contributed by atoms with E-state index in [2.05, 4.69) is 25.3 Å². The molecule has 0 bridgehead atoms. The topological polar surface area (TPSA) is 87.3 Å². The number of nitrogens with zero attached hydrogens (tertiary/aromatic N) is 4. The SMILES string of the molecule is Cc1noc(C)c1CNc1cc(N2CCC[C@H]2CO)ncn1. The zero-order valence-electron chi connectivity index (χ0n) is 12.9. The van der Waals surface area contributed by atoms with E-state index in [1.807, 2.05) is 19.9 Å². The van der Waals surface area contributed by atoms with Gasteiger partial charge in [-0.05, 0) is 26.7 Å². The molecule has 0 unspecified atom stereocenters. The molecule has 3 rings (SSSR count). The second-order valence-corrected chi connectivity index (χ2v) is 5.59. The first kappa shape index (κ1) is 14.8. The molecule has 0 aromatic carbocycles. The number of anilines is 2. The Kier molecular flexibility index (Phi) is 4.24. The lowest BCUT2D eigenvalue weighted by molar-refractivity contribution is 0.266. The third-order valence-electron chi connectivity index (χ3n) is 4.16. The summed E-state index contributed by atoms with van der Waals surface area (Å²) in [6.07, 6.45) is 3.64. The minimum atomic E-state index is 0.158. The summed E-state index contributed by atoms with van der Waals surface area (Å²) in [5, 5.41) is 16.7. The lowest BCUT2D eigenvalue weighted by Gasteiger charge is -2.24. The molecule has 2 N–H and O–H groups in total. The molecular weight excluding hydrogens is 282 g/mol. The van der Waals surface area contributed by atoms with Crippen LogP contribution in [-0.2, 0) is 6.54 Å². The standard InChI is InChI=1S/C15H21N5O2/c1-10-13(11(2)22-19-10)7-16-14-6-15(18-9-17-14)20-5-3-4-12(20)8-21/h6,9,12,21H,3-5,7-8H2,1-2H3,(H,16,17,18)/t12-/m0/s1. The smallest absolute Gasteiger partial charge is 0.138 e. The summed E-state index contributed by atoms with van der Waals surface area (Å²) in [5.41, 5.74) is 1.94. The van der Waals surface area contributed by atoms with Gasteiger partial charge in [-0.15, -0.1) is 0 Å². The van der Waals surface area contributed by atoms with Crippen molar-refractivity contribution in [2.24, 2.45) is 0 Å². The summed E-state index contributed by atoms with van der Waals surface area (Å²) < 4.78 is 5.16. The van der Waals surface area contributed by atoms with Crippen LogP contribution in [-0.4, -0.2) is 39.4 Å². The van der Waals surface area contributed by atoms with E-state index in [1.54, 1.807) is 6.33 Å². The van der Waals surface area contributed by atoms with Crippen LogP contribution in [0.2, 0.25) is 0 Å². The minimum Gasteiger partial charge on any atom is -0.394 e.